The average molecular weight is 238 g/mol. The van der Waals surface area contributed by atoms with Crippen molar-refractivity contribution in [2.45, 2.75) is 25.8 Å². The Morgan fingerprint density at radius 2 is 2.12 bits per heavy atom. The number of hydrogen-bond acceptors (Lipinski definition) is 5. The second-order valence-corrected chi connectivity index (χ2v) is 4.74. The molecule has 94 valence electrons. The second-order valence-electron chi connectivity index (χ2n) is 4.74. The van der Waals surface area contributed by atoms with Crippen LogP contribution in [0, 0.1) is 0 Å². The van der Waals surface area contributed by atoms with E-state index in [4.69, 9.17) is 5.11 Å². The van der Waals surface area contributed by atoms with Gasteiger partial charge >= 0.3 is 5.97 Å². The molecule has 0 amide bonds. The van der Waals surface area contributed by atoms with Crippen LogP contribution in [-0.2, 0) is 4.79 Å². The minimum absolute atomic E-state index is 0.0221. The average Bonchev–Trinajstić information content (AvgIpc) is 2.14. The van der Waals surface area contributed by atoms with Gasteiger partial charge in [0.25, 0.3) is 0 Å². The molecule has 0 fully saturated rings. The van der Waals surface area contributed by atoms with Gasteiger partial charge in [0.15, 0.2) is 0 Å². The molecule has 6 heteroatoms. The maximum absolute atomic E-state index is 10.7. The van der Waals surface area contributed by atoms with Crippen molar-refractivity contribution in [2.24, 2.45) is 0 Å². The van der Waals surface area contributed by atoms with Gasteiger partial charge in [0.1, 0.15) is 18.0 Å². The highest BCUT2D eigenvalue weighted by atomic mass is 16.4. The van der Waals surface area contributed by atoms with E-state index in [-0.39, 0.29) is 6.42 Å². The molecule has 1 heterocycles. The summed E-state index contributed by atoms with van der Waals surface area (Å²) < 4.78 is 0. The summed E-state index contributed by atoms with van der Waals surface area (Å²) in [6.07, 6.45) is 1.48. The molecule has 1 rings (SSSR count). The molecule has 0 saturated heterocycles. The number of hydrogen-bond donors (Lipinski definition) is 2. The molecule has 0 radical (unpaired) electrons. The zero-order valence-electron chi connectivity index (χ0n) is 10.6. The quantitative estimate of drug-likeness (QED) is 0.802. The van der Waals surface area contributed by atoms with E-state index in [9.17, 15) is 4.79 Å². The van der Waals surface area contributed by atoms with Crippen molar-refractivity contribution in [1.29, 1.82) is 0 Å². The van der Waals surface area contributed by atoms with Gasteiger partial charge in [-0.15, -0.1) is 0 Å². The summed E-state index contributed by atoms with van der Waals surface area (Å²) >= 11 is 0. The molecule has 17 heavy (non-hydrogen) atoms. The summed E-state index contributed by atoms with van der Waals surface area (Å²) in [5.41, 5.74) is -0.552. The van der Waals surface area contributed by atoms with Crippen LogP contribution in [0.1, 0.15) is 20.3 Å². The number of aliphatic carboxylic acids is 1. The topological polar surface area (TPSA) is 78.4 Å². The van der Waals surface area contributed by atoms with E-state index in [1.165, 1.54) is 6.33 Å². The van der Waals surface area contributed by atoms with Crippen LogP contribution in [-0.4, -0.2) is 40.7 Å². The lowest BCUT2D eigenvalue weighted by atomic mass is 10.0. The number of carboxylic acid groups (broad SMARTS) is 1. The number of rotatable bonds is 5. The molecule has 0 bridgehead atoms. The number of carboxylic acids is 1. The summed E-state index contributed by atoms with van der Waals surface area (Å²) in [5.74, 6) is 0.549. The van der Waals surface area contributed by atoms with Gasteiger partial charge in [0.05, 0.1) is 6.42 Å². The number of nitrogens with one attached hydrogen (secondary N) is 1. The highest BCUT2D eigenvalue weighted by Gasteiger charge is 2.22. The van der Waals surface area contributed by atoms with Gasteiger partial charge in [-0.05, 0) is 13.8 Å². The molecule has 0 atom stereocenters. The van der Waals surface area contributed by atoms with Crippen LogP contribution in [0.25, 0.3) is 0 Å². The van der Waals surface area contributed by atoms with Crippen LogP contribution >= 0.6 is 0 Å². The molecule has 0 aliphatic heterocycles. The summed E-state index contributed by atoms with van der Waals surface area (Å²) in [6, 6.07) is 1.78. The van der Waals surface area contributed by atoms with E-state index < -0.39 is 11.5 Å². The number of carbonyl (C=O) groups is 1. The minimum atomic E-state index is -0.843. The predicted molar refractivity (Wildman–Crippen MR) is 66.3 cm³/mol. The third kappa shape index (κ3) is 4.26. The monoisotopic (exact) mass is 238 g/mol. The Kier molecular flexibility index (Phi) is 3.88. The fraction of sp³-hybridized carbons (Fsp3) is 0.545. The first-order chi connectivity index (χ1) is 7.80. The Hall–Kier alpha value is -1.85. The lowest BCUT2D eigenvalue weighted by Crippen LogP contribution is -2.34. The Bertz CT molecular complexity index is 404. The molecule has 1 aromatic heterocycles. The first kappa shape index (κ1) is 13.2. The van der Waals surface area contributed by atoms with E-state index in [0.29, 0.717) is 5.82 Å². The third-order valence-electron chi connectivity index (χ3n) is 2.17. The molecule has 2 N–H and O–H groups in total. The molecule has 6 nitrogen and oxygen atoms in total. The largest absolute Gasteiger partial charge is 0.481 e. The third-order valence-corrected chi connectivity index (χ3v) is 2.17. The first-order valence-corrected chi connectivity index (χ1v) is 5.29. The van der Waals surface area contributed by atoms with Crippen molar-refractivity contribution in [1.82, 2.24) is 9.97 Å². The first-order valence-electron chi connectivity index (χ1n) is 5.29. The molecular weight excluding hydrogens is 220 g/mol. The minimum Gasteiger partial charge on any atom is -0.481 e. The highest BCUT2D eigenvalue weighted by molar-refractivity contribution is 5.69. The second kappa shape index (κ2) is 4.99. The molecule has 0 unspecified atom stereocenters. The van der Waals surface area contributed by atoms with Gasteiger partial charge in [-0.25, -0.2) is 9.97 Å². The summed E-state index contributed by atoms with van der Waals surface area (Å²) in [4.78, 5) is 20.7. The Labute approximate surface area is 101 Å². The van der Waals surface area contributed by atoms with E-state index in [2.05, 4.69) is 15.3 Å². The van der Waals surface area contributed by atoms with Crippen molar-refractivity contribution in [3.63, 3.8) is 0 Å². The van der Waals surface area contributed by atoms with Crippen molar-refractivity contribution in [3.05, 3.63) is 12.4 Å². The number of aromatic nitrogens is 2. The van der Waals surface area contributed by atoms with Crippen LogP contribution < -0.4 is 10.2 Å². The smallest absolute Gasteiger partial charge is 0.305 e. The normalized spacial score (nSPS) is 11.1. The maximum atomic E-state index is 10.7. The lowest BCUT2D eigenvalue weighted by Gasteiger charge is -2.25. The van der Waals surface area contributed by atoms with Gasteiger partial charge in [0, 0.05) is 25.7 Å². The molecule has 0 aromatic carbocycles. The van der Waals surface area contributed by atoms with E-state index in [0.717, 1.165) is 5.82 Å². The van der Waals surface area contributed by atoms with E-state index in [1.54, 1.807) is 6.07 Å². The van der Waals surface area contributed by atoms with Crippen LogP contribution in [0.3, 0.4) is 0 Å². The SMILES string of the molecule is CN(C)c1cc(NC(C)(C)CC(=O)O)ncn1. The summed E-state index contributed by atoms with van der Waals surface area (Å²) in [5, 5.41) is 11.9. The molecule has 1 aromatic rings. The van der Waals surface area contributed by atoms with E-state index >= 15 is 0 Å². The zero-order chi connectivity index (χ0) is 13.1. The van der Waals surface area contributed by atoms with Gasteiger partial charge in [-0.2, -0.15) is 0 Å². The Balaban J connectivity index is 2.80. The molecule has 0 aliphatic rings. The Morgan fingerprint density at radius 1 is 1.47 bits per heavy atom. The van der Waals surface area contributed by atoms with Gasteiger partial charge in [-0.1, -0.05) is 0 Å². The molecule has 0 aliphatic carbocycles. The highest BCUT2D eigenvalue weighted by Crippen LogP contribution is 2.18. The van der Waals surface area contributed by atoms with Crippen molar-refractivity contribution in [3.8, 4) is 0 Å². The van der Waals surface area contributed by atoms with Crippen molar-refractivity contribution < 1.29 is 9.90 Å². The van der Waals surface area contributed by atoms with Gasteiger partial charge in [0.2, 0.25) is 0 Å². The van der Waals surface area contributed by atoms with Crippen molar-refractivity contribution >= 4 is 17.6 Å². The molecule has 0 saturated carbocycles. The summed E-state index contributed by atoms with van der Waals surface area (Å²) in [6.45, 7) is 3.64. The predicted octanol–water partition coefficient (Wildman–Crippen LogP) is 1.21. The molecular formula is C11H18N4O2. The maximum Gasteiger partial charge on any atom is 0.305 e. The summed E-state index contributed by atoms with van der Waals surface area (Å²) in [7, 11) is 3.77. The Morgan fingerprint density at radius 3 is 2.65 bits per heavy atom. The zero-order valence-corrected chi connectivity index (χ0v) is 10.6. The van der Waals surface area contributed by atoms with Crippen molar-refractivity contribution in [2.75, 3.05) is 24.3 Å². The van der Waals surface area contributed by atoms with E-state index in [1.807, 2.05) is 32.8 Å². The van der Waals surface area contributed by atoms with Gasteiger partial charge < -0.3 is 15.3 Å². The van der Waals surface area contributed by atoms with Gasteiger partial charge in [-0.3, -0.25) is 4.79 Å². The lowest BCUT2D eigenvalue weighted by molar-refractivity contribution is -0.137. The fourth-order valence-corrected chi connectivity index (χ4v) is 1.43. The van der Waals surface area contributed by atoms with Crippen LogP contribution in [0.4, 0.5) is 11.6 Å². The standard InChI is InChI=1S/C11H18N4O2/c1-11(2,6-10(16)17)14-8-5-9(15(3)4)13-7-12-8/h5,7H,6H2,1-4H3,(H,16,17)(H,12,13,14). The fourth-order valence-electron chi connectivity index (χ4n) is 1.43. The van der Waals surface area contributed by atoms with Crippen LogP contribution in [0.15, 0.2) is 12.4 Å². The van der Waals surface area contributed by atoms with Crippen LogP contribution in [0.5, 0.6) is 0 Å². The molecule has 0 spiro atoms. The van der Waals surface area contributed by atoms with Crippen LogP contribution in [0.2, 0.25) is 0 Å². The number of nitrogens with zero attached hydrogens (tertiary/aromatic N) is 3. The number of anilines is 2.